The van der Waals surface area contributed by atoms with Gasteiger partial charge in [0, 0.05) is 18.1 Å². The van der Waals surface area contributed by atoms with Gasteiger partial charge in [-0.25, -0.2) is 4.57 Å². The minimum absolute atomic E-state index is 1.21. The van der Waals surface area contributed by atoms with Crippen molar-refractivity contribution in [3.8, 4) is 0 Å². The van der Waals surface area contributed by atoms with Crippen LogP contribution in [0.4, 0.5) is 0 Å². The van der Waals surface area contributed by atoms with E-state index in [4.69, 9.17) is 0 Å². The highest BCUT2D eigenvalue weighted by molar-refractivity contribution is 5.21. The molecule has 0 aliphatic heterocycles. The smallest absolute Gasteiger partial charge is 0.172 e. The molecule has 0 fully saturated rings. The fourth-order valence-electron chi connectivity index (χ4n) is 6.97. The van der Waals surface area contributed by atoms with Crippen LogP contribution >= 0.6 is 0 Å². The van der Waals surface area contributed by atoms with Gasteiger partial charge in [0.15, 0.2) is 12.4 Å². The van der Waals surface area contributed by atoms with Crippen LogP contribution < -0.4 is 4.57 Å². The molecule has 0 bridgehead atoms. The molecule has 1 aromatic rings. The maximum Gasteiger partial charge on any atom is 0.172 e. The van der Waals surface area contributed by atoms with Crippen LogP contribution in [0, 0.1) is 0 Å². The van der Waals surface area contributed by atoms with Gasteiger partial charge in [-0.1, -0.05) is 201 Å². The number of rotatable bonds is 35. The lowest BCUT2D eigenvalue weighted by Gasteiger charge is -2.10. The molecule has 0 aliphatic rings. The third-order valence-electron chi connectivity index (χ3n) is 10.1. The van der Waals surface area contributed by atoms with Crippen LogP contribution in [-0.2, 0) is 19.4 Å². The molecule has 1 nitrogen and oxygen atoms in total. The molecule has 1 aromatic heterocycles. The van der Waals surface area contributed by atoms with Crippen LogP contribution in [0.3, 0.4) is 0 Å². The number of unbranched alkanes of at least 4 members (excludes halogenated alkanes) is 29. The Bertz CT molecular complexity index is 694. The molecule has 1 heteroatoms. The Balaban J connectivity index is 2.30. The molecule has 258 valence electrons. The lowest BCUT2D eigenvalue weighted by Crippen LogP contribution is -2.34. The maximum absolute atomic E-state index is 2.55. The fraction of sp³-hybridized carbons (Fsp3) is 0.884. The van der Waals surface area contributed by atoms with Gasteiger partial charge in [-0.15, -0.1) is 0 Å². The van der Waals surface area contributed by atoms with Crippen molar-refractivity contribution >= 4 is 0 Å². The second kappa shape index (κ2) is 33.5. The van der Waals surface area contributed by atoms with Crippen LogP contribution in [-0.4, -0.2) is 0 Å². The highest BCUT2D eigenvalue weighted by atomic mass is 14.9. The van der Waals surface area contributed by atoms with Crippen molar-refractivity contribution in [2.24, 2.45) is 0 Å². The van der Waals surface area contributed by atoms with E-state index in [1.807, 2.05) is 0 Å². The van der Waals surface area contributed by atoms with Crippen molar-refractivity contribution in [2.45, 2.75) is 246 Å². The SMILES string of the molecule is CCCCCCCCCCCCCCCC[n+]1ccc(CCCCCCCCCCC)c(CCCCCCCCCCC)c1. The summed E-state index contributed by atoms with van der Waals surface area (Å²) >= 11 is 0. The molecule has 0 saturated carbocycles. The third-order valence-corrected chi connectivity index (χ3v) is 10.1. The second-order valence-electron chi connectivity index (χ2n) is 14.5. The Morgan fingerprint density at radius 1 is 0.341 bits per heavy atom. The van der Waals surface area contributed by atoms with Gasteiger partial charge < -0.3 is 0 Å². The van der Waals surface area contributed by atoms with E-state index in [9.17, 15) is 0 Å². The summed E-state index contributed by atoms with van der Waals surface area (Å²) in [4.78, 5) is 0. The van der Waals surface area contributed by atoms with Gasteiger partial charge in [0.05, 0.1) is 0 Å². The Morgan fingerprint density at radius 3 is 1.00 bits per heavy atom. The van der Waals surface area contributed by atoms with Gasteiger partial charge in [-0.3, -0.25) is 0 Å². The summed E-state index contributed by atoms with van der Waals surface area (Å²) in [6.07, 6.45) is 53.3. The second-order valence-corrected chi connectivity index (χ2v) is 14.5. The maximum atomic E-state index is 2.55. The van der Waals surface area contributed by atoms with Crippen molar-refractivity contribution in [3.63, 3.8) is 0 Å². The molecule has 0 radical (unpaired) electrons. The Kier molecular flexibility index (Phi) is 31.4. The van der Waals surface area contributed by atoms with Gasteiger partial charge in [-0.05, 0) is 37.7 Å². The predicted octanol–water partition coefficient (Wildman–Crippen LogP) is 14.6. The molecule has 0 N–H and O–H groups in total. The lowest BCUT2D eigenvalue weighted by molar-refractivity contribution is -0.697. The van der Waals surface area contributed by atoms with Gasteiger partial charge in [0.2, 0.25) is 0 Å². The van der Waals surface area contributed by atoms with Crippen LogP contribution in [0.1, 0.15) is 237 Å². The largest absolute Gasteiger partial charge is 0.205 e. The molecule has 1 rings (SSSR count). The molecule has 0 atom stereocenters. The van der Waals surface area contributed by atoms with Crippen molar-refractivity contribution in [1.29, 1.82) is 0 Å². The zero-order chi connectivity index (χ0) is 31.6. The van der Waals surface area contributed by atoms with Crippen molar-refractivity contribution < 1.29 is 4.57 Å². The third kappa shape index (κ3) is 26.4. The Morgan fingerprint density at radius 2 is 0.636 bits per heavy atom. The molecule has 0 aromatic carbocycles. The van der Waals surface area contributed by atoms with E-state index < -0.39 is 0 Å². The molecular weight excluding hydrogens is 530 g/mol. The monoisotopic (exact) mass is 613 g/mol. The number of nitrogens with zero attached hydrogens (tertiary/aromatic N) is 1. The van der Waals surface area contributed by atoms with E-state index in [0.29, 0.717) is 0 Å². The highest BCUT2D eigenvalue weighted by Crippen LogP contribution is 2.18. The molecular formula is C43H82N+. The minimum Gasteiger partial charge on any atom is -0.205 e. The topological polar surface area (TPSA) is 3.88 Å². The first kappa shape index (κ1) is 41.2. The summed E-state index contributed by atoms with van der Waals surface area (Å²) in [6, 6.07) is 2.50. The number of aromatic nitrogens is 1. The minimum atomic E-state index is 1.21. The first-order chi connectivity index (χ1) is 21.8. The summed E-state index contributed by atoms with van der Waals surface area (Å²) in [5, 5.41) is 0. The highest BCUT2D eigenvalue weighted by Gasteiger charge is 2.10. The van der Waals surface area contributed by atoms with Gasteiger partial charge in [0.25, 0.3) is 0 Å². The Labute approximate surface area is 279 Å². The van der Waals surface area contributed by atoms with Crippen LogP contribution in [0.15, 0.2) is 18.5 Å². The van der Waals surface area contributed by atoms with Crippen LogP contribution in [0.5, 0.6) is 0 Å². The van der Waals surface area contributed by atoms with Gasteiger partial charge in [0.1, 0.15) is 6.54 Å². The molecule has 0 aliphatic carbocycles. The predicted molar refractivity (Wildman–Crippen MR) is 199 cm³/mol. The molecule has 0 amide bonds. The van der Waals surface area contributed by atoms with E-state index >= 15 is 0 Å². The normalized spacial score (nSPS) is 11.5. The Hall–Kier alpha value is -0.850. The first-order valence-electron chi connectivity index (χ1n) is 20.8. The van der Waals surface area contributed by atoms with Crippen LogP contribution in [0.2, 0.25) is 0 Å². The number of hydrogen-bond acceptors (Lipinski definition) is 0. The van der Waals surface area contributed by atoms with E-state index in [1.54, 1.807) is 11.1 Å². The average molecular weight is 613 g/mol. The first-order valence-corrected chi connectivity index (χ1v) is 20.8. The summed E-state index contributed by atoms with van der Waals surface area (Å²) in [5.41, 5.74) is 3.32. The zero-order valence-corrected chi connectivity index (χ0v) is 30.9. The van der Waals surface area contributed by atoms with E-state index in [0.717, 1.165) is 0 Å². The van der Waals surface area contributed by atoms with Crippen molar-refractivity contribution in [1.82, 2.24) is 0 Å². The standard InChI is InChI=1S/C43H82N/c1-4-7-10-13-16-19-20-21-22-23-26-29-32-35-39-44-40-38-42(36-33-30-27-24-17-14-11-8-5-2)43(41-44)37-34-31-28-25-18-15-12-9-6-3/h38,40-41H,4-37,39H2,1-3H3/q+1. The number of pyridine rings is 1. The summed E-state index contributed by atoms with van der Waals surface area (Å²) < 4.78 is 2.53. The molecule has 0 saturated heterocycles. The molecule has 0 spiro atoms. The fourth-order valence-corrected chi connectivity index (χ4v) is 6.97. The molecule has 1 heterocycles. The van der Waals surface area contributed by atoms with Gasteiger partial charge >= 0.3 is 0 Å². The summed E-state index contributed by atoms with van der Waals surface area (Å²) in [7, 11) is 0. The number of hydrogen-bond donors (Lipinski definition) is 0. The van der Waals surface area contributed by atoms with Crippen LogP contribution in [0.25, 0.3) is 0 Å². The number of aryl methyl sites for hydroxylation is 3. The van der Waals surface area contributed by atoms with Crippen molar-refractivity contribution in [3.05, 3.63) is 29.6 Å². The summed E-state index contributed by atoms with van der Waals surface area (Å²) in [6.45, 7) is 8.15. The van der Waals surface area contributed by atoms with E-state index in [2.05, 4.69) is 43.8 Å². The summed E-state index contributed by atoms with van der Waals surface area (Å²) in [5.74, 6) is 0. The lowest BCUT2D eigenvalue weighted by atomic mass is 9.97. The van der Waals surface area contributed by atoms with Gasteiger partial charge in [-0.2, -0.15) is 0 Å². The van der Waals surface area contributed by atoms with E-state index in [1.165, 1.54) is 225 Å². The molecule has 0 unspecified atom stereocenters. The van der Waals surface area contributed by atoms with Crippen molar-refractivity contribution in [2.75, 3.05) is 0 Å². The van der Waals surface area contributed by atoms with E-state index in [-0.39, 0.29) is 0 Å². The quantitative estimate of drug-likeness (QED) is 0.0530. The average Bonchev–Trinajstić information content (AvgIpc) is 3.04. The zero-order valence-electron chi connectivity index (χ0n) is 30.9. The molecule has 44 heavy (non-hydrogen) atoms.